The number of thiophene rings is 1. The first kappa shape index (κ1) is 23.6. The molecule has 1 aromatic heterocycles. The molecule has 1 aliphatic carbocycles. The van der Waals surface area contributed by atoms with Gasteiger partial charge in [0.15, 0.2) is 0 Å². The quantitative estimate of drug-likeness (QED) is 0.305. The second-order valence-corrected chi connectivity index (χ2v) is 10.9. The highest BCUT2D eigenvalue weighted by Gasteiger charge is 2.31. The second-order valence-electron chi connectivity index (χ2n) is 8.34. The van der Waals surface area contributed by atoms with Gasteiger partial charge in [-0.2, -0.15) is 0 Å². The molecule has 0 radical (unpaired) electrons. The summed E-state index contributed by atoms with van der Waals surface area (Å²) in [6.45, 7) is 6.05. The topological polar surface area (TPSA) is 55.4 Å². The van der Waals surface area contributed by atoms with Crippen LogP contribution in [-0.4, -0.2) is 23.7 Å². The Morgan fingerprint density at radius 2 is 1.88 bits per heavy atom. The van der Waals surface area contributed by atoms with Crippen molar-refractivity contribution in [2.45, 2.75) is 56.1 Å². The fourth-order valence-corrected chi connectivity index (χ4v) is 6.38. The van der Waals surface area contributed by atoms with Crippen LogP contribution in [-0.2, 0) is 22.4 Å². The van der Waals surface area contributed by atoms with E-state index in [4.69, 9.17) is 4.74 Å². The number of carbonyl (C=O) groups is 2. The molecule has 6 heteroatoms. The lowest BCUT2D eigenvalue weighted by atomic mass is 9.83. The standard InChI is InChI=1S/C27H29NO3S2/c1-4-31-27(30)24-22-15-12-20(19-8-6-5-7-9-19)16-23(22)33-26(24)28-25(29)18(3)32-21-13-10-17(2)11-14-21/h5-11,13-14,18,20H,4,12,15-16H2,1-3H3,(H,28,29). The molecule has 2 unspecified atom stereocenters. The molecule has 0 bridgehead atoms. The molecule has 1 amide bonds. The number of rotatable bonds is 7. The van der Waals surface area contributed by atoms with Crippen LogP contribution in [0.2, 0.25) is 0 Å². The Bertz CT molecular complexity index is 1120. The zero-order valence-electron chi connectivity index (χ0n) is 19.2. The number of thioether (sulfide) groups is 1. The van der Waals surface area contributed by atoms with Gasteiger partial charge in [0.25, 0.3) is 0 Å². The number of ether oxygens (including phenoxy) is 1. The number of hydrogen-bond acceptors (Lipinski definition) is 5. The smallest absolute Gasteiger partial charge is 0.341 e. The first-order chi connectivity index (χ1) is 16.0. The molecule has 4 nitrogen and oxygen atoms in total. The summed E-state index contributed by atoms with van der Waals surface area (Å²) < 4.78 is 5.36. The number of fused-ring (bicyclic) bond motifs is 1. The van der Waals surface area contributed by atoms with Gasteiger partial charge in [0, 0.05) is 9.77 Å². The molecule has 4 rings (SSSR count). The van der Waals surface area contributed by atoms with E-state index in [2.05, 4.69) is 29.6 Å². The number of esters is 1. The zero-order valence-corrected chi connectivity index (χ0v) is 20.9. The van der Waals surface area contributed by atoms with Gasteiger partial charge in [-0.15, -0.1) is 23.1 Å². The summed E-state index contributed by atoms with van der Waals surface area (Å²) in [6, 6.07) is 18.7. The van der Waals surface area contributed by atoms with Gasteiger partial charge in [0.05, 0.1) is 17.4 Å². The van der Waals surface area contributed by atoms with Crippen molar-refractivity contribution in [3.8, 4) is 0 Å². The van der Waals surface area contributed by atoms with Crippen molar-refractivity contribution in [1.29, 1.82) is 0 Å². The Morgan fingerprint density at radius 3 is 2.58 bits per heavy atom. The molecule has 172 valence electrons. The average Bonchev–Trinajstić information content (AvgIpc) is 3.18. The number of amides is 1. The highest BCUT2D eigenvalue weighted by Crippen LogP contribution is 2.43. The minimum Gasteiger partial charge on any atom is -0.462 e. The number of hydrogen-bond donors (Lipinski definition) is 1. The van der Waals surface area contributed by atoms with Crippen LogP contribution in [0, 0.1) is 6.92 Å². The first-order valence-corrected chi connectivity index (χ1v) is 13.1. The number of benzene rings is 2. The molecule has 2 aromatic carbocycles. The Balaban J connectivity index is 1.55. The molecule has 2 atom stereocenters. The lowest BCUT2D eigenvalue weighted by Gasteiger charge is -2.23. The van der Waals surface area contributed by atoms with E-state index in [1.165, 1.54) is 39.1 Å². The molecule has 33 heavy (non-hydrogen) atoms. The highest BCUT2D eigenvalue weighted by atomic mass is 32.2. The summed E-state index contributed by atoms with van der Waals surface area (Å²) >= 11 is 3.04. The fourth-order valence-electron chi connectivity index (χ4n) is 4.19. The van der Waals surface area contributed by atoms with Crippen LogP contribution in [0.5, 0.6) is 0 Å². The van der Waals surface area contributed by atoms with E-state index < -0.39 is 0 Å². The molecular weight excluding hydrogens is 450 g/mol. The third kappa shape index (κ3) is 5.50. The van der Waals surface area contributed by atoms with Crippen molar-refractivity contribution < 1.29 is 14.3 Å². The largest absolute Gasteiger partial charge is 0.462 e. The Hall–Kier alpha value is -2.57. The van der Waals surface area contributed by atoms with Crippen LogP contribution in [0.1, 0.15) is 58.1 Å². The predicted octanol–water partition coefficient (Wildman–Crippen LogP) is 6.63. The minimum atomic E-state index is -0.345. The van der Waals surface area contributed by atoms with Crippen molar-refractivity contribution in [3.05, 3.63) is 81.7 Å². The number of aryl methyl sites for hydroxylation is 1. The maximum atomic E-state index is 13.0. The van der Waals surface area contributed by atoms with Crippen molar-refractivity contribution in [1.82, 2.24) is 0 Å². The van der Waals surface area contributed by atoms with Gasteiger partial charge in [-0.3, -0.25) is 4.79 Å². The SMILES string of the molecule is CCOC(=O)c1c(NC(=O)C(C)Sc2ccc(C)cc2)sc2c1CCC(c1ccccc1)C2. The van der Waals surface area contributed by atoms with Crippen molar-refractivity contribution in [2.24, 2.45) is 0 Å². The second kappa shape index (κ2) is 10.6. The summed E-state index contributed by atoms with van der Waals surface area (Å²) in [5, 5.41) is 3.38. The monoisotopic (exact) mass is 479 g/mol. The summed E-state index contributed by atoms with van der Waals surface area (Å²) in [5.41, 5.74) is 4.10. The van der Waals surface area contributed by atoms with Crippen LogP contribution < -0.4 is 5.32 Å². The molecule has 1 aliphatic rings. The van der Waals surface area contributed by atoms with Gasteiger partial charge >= 0.3 is 5.97 Å². The van der Waals surface area contributed by atoms with Crippen LogP contribution >= 0.6 is 23.1 Å². The van der Waals surface area contributed by atoms with E-state index in [1.54, 1.807) is 6.92 Å². The molecule has 0 spiro atoms. The molecule has 0 aliphatic heterocycles. The van der Waals surface area contributed by atoms with Crippen molar-refractivity contribution >= 4 is 40.0 Å². The van der Waals surface area contributed by atoms with E-state index >= 15 is 0 Å². The predicted molar refractivity (Wildman–Crippen MR) is 137 cm³/mol. The van der Waals surface area contributed by atoms with Crippen molar-refractivity contribution in [3.63, 3.8) is 0 Å². The maximum absolute atomic E-state index is 13.0. The normalized spacial score (nSPS) is 16.0. The summed E-state index contributed by atoms with van der Waals surface area (Å²) in [7, 11) is 0. The van der Waals surface area contributed by atoms with Gasteiger partial charge in [-0.05, 0) is 69.2 Å². The third-order valence-corrected chi connectivity index (χ3v) is 8.24. The zero-order chi connectivity index (χ0) is 23.4. The van der Waals surface area contributed by atoms with E-state index in [-0.39, 0.29) is 17.1 Å². The number of carbonyl (C=O) groups excluding carboxylic acids is 2. The Labute approximate surface area is 203 Å². The lowest BCUT2D eigenvalue weighted by molar-refractivity contribution is -0.115. The van der Waals surface area contributed by atoms with Crippen molar-refractivity contribution in [2.75, 3.05) is 11.9 Å². The summed E-state index contributed by atoms with van der Waals surface area (Å²) in [4.78, 5) is 28.1. The molecule has 3 aromatic rings. The minimum absolute atomic E-state index is 0.107. The van der Waals surface area contributed by atoms with Gasteiger partial charge < -0.3 is 10.1 Å². The molecular formula is C27H29NO3S2. The van der Waals surface area contributed by atoms with Gasteiger partial charge in [0.2, 0.25) is 5.91 Å². The molecule has 0 saturated carbocycles. The van der Waals surface area contributed by atoms with E-state index in [0.717, 1.165) is 29.7 Å². The molecule has 1 N–H and O–H groups in total. The van der Waals surface area contributed by atoms with Crippen LogP contribution in [0.3, 0.4) is 0 Å². The van der Waals surface area contributed by atoms with E-state index in [9.17, 15) is 9.59 Å². The van der Waals surface area contributed by atoms with E-state index in [0.29, 0.717) is 23.1 Å². The molecule has 0 saturated heterocycles. The molecule has 0 fully saturated rings. The van der Waals surface area contributed by atoms with Gasteiger partial charge in [0.1, 0.15) is 5.00 Å². The highest BCUT2D eigenvalue weighted by molar-refractivity contribution is 8.00. The van der Waals surface area contributed by atoms with Crippen LogP contribution in [0.15, 0.2) is 59.5 Å². The maximum Gasteiger partial charge on any atom is 0.341 e. The fraction of sp³-hybridized carbons (Fsp3) is 0.333. The number of nitrogens with one attached hydrogen (secondary N) is 1. The lowest BCUT2D eigenvalue weighted by Crippen LogP contribution is -2.23. The van der Waals surface area contributed by atoms with Crippen LogP contribution in [0.4, 0.5) is 5.00 Å². The Kier molecular flexibility index (Phi) is 7.56. The molecule has 1 heterocycles. The Morgan fingerprint density at radius 1 is 1.15 bits per heavy atom. The van der Waals surface area contributed by atoms with Gasteiger partial charge in [-0.1, -0.05) is 48.0 Å². The number of anilines is 1. The van der Waals surface area contributed by atoms with Gasteiger partial charge in [-0.25, -0.2) is 4.79 Å². The van der Waals surface area contributed by atoms with E-state index in [1.807, 2.05) is 44.2 Å². The first-order valence-electron chi connectivity index (χ1n) is 11.4. The summed E-state index contributed by atoms with van der Waals surface area (Å²) in [5.74, 6) is -0.0291. The van der Waals surface area contributed by atoms with Crippen LogP contribution in [0.25, 0.3) is 0 Å². The third-order valence-electron chi connectivity index (χ3n) is 5.96. The average molecular weight is 480 g/mol. The summed E-state index contributed by atoms with van der Waals surface area (Å²) in [6.07, 6.45) is 2.66.